The first-order valence-corrected chi connectivity index (χ1v) is 11.4. The quantitative estimate of drug-likeness (QED) is 0.482. The summed E-state index contributed by atoms with van der Waals surface area (Å²) in [6, 6.07) is 9.90. The molecule has 1 saturated heterocycles. The predicted molar refractivity (Wildman–Crippen MR) is 112 cm³/mol. The van der Waals surface area contributed by atoms with Gasteiger partial charge in [-0.25, -0.2) is 8.42 Å². The molecule has 1 aromatic heterocycles. The Balaban J connectivity index is 1.42. The monoisotopic (exact) mass is 447 g/mol. The molecule has 2 heterocycles. The largest absolute Gasteiger partial charge is 0.457 e. The standard InChI is InChI=1S/C21H25N3O6S/c1-16-4-6-17(7-5-16)31(28,29)24-13-11-23(12-14-24)20(26)8-9-21(27)30-15-19(25)18-3-2-10-22-18/h2-7,10,22H,8-9,11-15H2,1H3. The highest BCUT2D eigenvalue weighted by Crippen LogP contribution is 2.18. The van der Waals surface area contributed by atoms with Crippen LogP contribution in [0.5, 0.6) is 0 Å². The van der Waals surface area contributed by atoms with Gasteiger partial charge in [-0.1, -0.05) is 17.7 Å². The van der Waals surface area contributed by atoms with Gasteiger partial charge in [0.2, 0.25) is 21.7 Å². The summed E-state index contributed by atoms with van der Waals surface area (Å²) in [5, 5.41) is 0. The molecule has 3 rings (SSSR count). The minimum absolute atomic E-state index is 0.0553. The lowest BCUT2D eigenvalue weighted by Crippen LogP contribution is -2.50. The van der Waals surface area contributed by atoms with E-state index < -0.39 is 16.0 Å². The van der Waals surface area contributed by atoms with E-state index in [0.29, 0.717) is 5.69 Å². The van der Waals surface area contributed by atoms with Crippen LogP contribution in [0.15, 0.2) is 47.5 Å². The molecule has 10 heteroatoms. The van der Waals surface area contributed by atoms with Gasteiger partial charge in [-0.2, -0.15) is 4.31 Å². The molecule has 0 unspecified atom stereocenters. The Hall–Kier alpha value is -2.98. The molecule has 0 atom stereocenters. The van der Waals surface area contributed by atoms with Gasteiger partial charge in [-0.3, -0.25) is 14.4 Å². The maximum atomic E-state index is 12.7. The zero-order chi connectivity index (χ0) is 22.4. The number of ether oxygens (including phenoxy) is 1. The van der Waals surface area contributed by atoms with E-state index in [9.17, 15) is 22.8 Å². The Bertz CT molecular complexity index is 1020. The molecule has 1 N–H and O–H groups in total. The molecule has 9 nitrogen and oxygen atoms in total. The Morgan fingerprint density at radius 3 is 2.29 bits per heavy atom. The molecule has 1 aromatic carbocycles. The van der Waals surface area contributed by atoms with Crippen LogP contribution in [0, 0.1) is 6.92 Å². The van der Waals surface area contributed by atoms with E-state index in [1.807, 2.05) is 6.92 Å². The van der Waals surface area contributed by atoms with Crippen molar-refractivity contribution < 1.29 is 27.5 Å². The Morgan fingerprint density at radius 1 is 1.00 bits per heavy atom. The van der Waals surface area contributed by atoms with Crippen molar-refractivity contribution in [1.82, 2.24) is 14.2 Å². The molecule has 1 aliphatic heterocycles. The van der Waals surface area contributed by atoms with Gasteiger partial charge in [0.05, 0.1) is 17.0 Å². The van der Waals surface area contributed by atoms with Crippen LogP contribution in [0.2, 0.25) is 0 Å². The number of amides is 1. The van der Waals surface area contributed by atoms with Crippen molar-refractivity contribution in [3.05, 3.63) is 53.9 Å². The highest BCUT2D eigenvalue weighted by molar-refractivity contribution is 7.89. The summed E-state index contributed by atoms with van der Waals surface area (Å²) in [7, 11) is -3.60. The van der Waals surface area contributed by atoms with Crippen molar-refractivity contribution in [3.8, 4) is 0 Å². The second kappa shape index (κ2) is 9.88. The number of sulfonamides is 1. The first-order chi connectivity index (χ1) is 14.8. The molecular formula is C21H25N3O6S. The number of hydrogen-bond acceptors (Lipinski definition) is 6. The SMILES string of the molecule is Cc1ccc(S(=O)(=O)N2CCN(C(=O)CCC(=O)OCC(=O)c3ccc[nH]3)CC2)cc1. The van der Waals surface area contributed by atoms with Gasteiger partial charge >= 0.3 is 5.97 Å². The second-order valence-electron chi connectivity index (χ2n) is 7.27. The van der Waals surface area contributed by atoms with E-state index in [0.717, 1.165) is 5.56 Å². The lowest BCUT2D eigenvalue weighted by Gasteiger charge is -2.34. The summed E-state index contributed by atoms with van der Waals surface area (Å²) in [4.78, 5) is 40.5. The maximum Gasteiger partial charge on any atom is 0.306 e. The van der Waals surface area contributed by atoms with Crippen molar-refractivity contribution in [2.45, 2.75) is 24.7 Å². The predicted octanol–water partition coefficient (Wildman–Crippen LogP) is 1.36. The summed E-state index contributed by atoms with van der Waals surface area (Å²) in [5.74, 6) is -1.23. The molecule has 0 bridgehead atoms. The molecule has 0 spiro atoms. The van der Waals surface area contributed by atoms with Gasteiger partial charge < -0.3 is 14.6 Å². The number of ketones is 1. The normalized spacial score (nSPS) is 14.9. The van der Waals surface area contributed by atoms with Crippen molar-refractivity contribution in [3.63, 3.8) is 0 Å². The van der Waals surface area contributed by atoms with Gasteiger partial charge in [0.1, 0.15) is 0 Å². The fourth-order valence-corrected chi connectivity index (χ4v) is 4.63. The number of nitrogens with one attached hydrogen (secondary N) is 1. The maximum absolute atomic E-state index is 12.7. The number of aryl methyl sites for hydroxylation is 1. The molecule has 2 aromatic rings. The van der Waals surface area contributed by atoms with E-state index in [2.05, 4.69) is 4.98 Å². The number of rotatable bonds is 8. The first-order valence-electron chi connectivity index (χ1n) is 9.94. The average molecular weight is 448 g/mol. The van der Waals surface area contributed by atoms with Crippen LogP contribution in [-0.2, 0) is 24.3 Å². The number of benzene rings is 1. The Kier molecular flexibility index (Phi) is 7.24. The number of aromatic nitrogens is 1. The molecule has 0 radical (unpaired) electrons. The fourth-order valence-electron chi connectivity index (χ4n) is 3.20. The third kappa shape index (κ3) is 5.80. The fraction of sp³-hybridized carbons (Fsp3) is 0.381. The highest BCUT2D eigenvalue weighted by atomic mass is 32.2. The average Bonchev–Trinajstić information content (AvgIpc) is 3.31. The topological polar surface area (TPSA) is 117 Å². The number of nitrogens with zero attached hydrogens (tertiary/aromatic N) is 2. The number of carbonyl (C=O) groups excluding carboxylic acids is 3. The van der Waals surface area contributed by atoms with Crippen molar-refractivity contribution in [2.75, 3.05) is 32.8 Å². The van der Waals surface area contributed by atoms with Crippen LogP contribution >= 0.6 is 0 Å². The molecule has 31 heavy (non-hydrogen) atoms. The summed E-state index contributed by atoms with van der Waals surface area (Å²) in [6.07, 6.45) is 1.40. The van der Waals surface area contributed by atoms with Gasteiger partial charge in [-0.05, 0) is 31.2 Å². The van der Waals surface area contributed by atoms with E-state index >= 15 is 0 Å². The van der Waals surface area contributed by atoms with Crippen LogP contribution in [0.3, 0.4) is 0 Å². The Labute approximate surface area is 181 Å². The van der Waals surface area contributed by atoms with Gasteiger partial charge in [0.15, 0.2) is 6.61 Å². The molecule has 1 aliphatic rings. The van der Waals surface area contributed by atoms with Crippen molar-refractivity contribution >= 4 is 27.7 Å². The zero-order valence-corrected chi connectivity index (χ0v) is 18.1. The molecule has 1 fully saturated rings. The van der Waals surface area contributed by atoms with Crippen molar-refractivity contribution in [2.24, 2.45) is 0 Å². The summed E-state index contributed by atoms with van der Waals surface area (Å²) >= 11 is 0. The first kappa shape index (κ1) is 22.7. The third-order valence-electron chi connectivity index (χ3n) is 5.06. The van der Waals surface area contributed by atoms with Gasteiger partial charge in [0.25, 0.3) is 0 Å². The number of H-pyrrole nitrogens is 1. The van der Waals surface area contributed by atoms with E-state index in [1.54, 1.807) is 47.5 Å². The highest BCUT2D eigenvalue weighted by Gasteiger charge is 2.30. The number of hydrogen-bond donors (Lipinski definition) is 1. The van der Waals surface area contributed by atoms with Gasteiger partial charge in [0, 0.05) is 38.8 Å². The number of aromatic amines is 1. The minimum atomic E-state index is -3.60. The molecule has 0 aliphatic carbocycles. The van der Waals surface area contributed by atoms with Crippen LogP contribution in [0.25, 0.3) is 0 Å². The lowest BCUT2D eigenvalue weighted by molar-refractivity contribution is -0.145. The lowest BCUT2D eigenvalue weighted by atomic mass is 10.2. The van der Waals surface area contributed by atoms with Crippen LogP contribution < -0.4 is 0 Å². The summed E-state index contributed by atoms with van der Waals surface area (Å²) in [6.45, 7) is 2.39. The van der Waals surface area contributed by atoms with Crippen LogP contribution in [0.4, 0.5) is 0 Å². The van der Waals surface area contributed by atoms with Gasteiger partial charge in [-0.15, -0.1) is 0 Å². The second-order valence-corrected chi connectivity index (χ2v) is 9.20. The number of piperazine rings is 1. The zero-order valence-electron chi connectivity index (χ0n) is 17.2. The number of esters is 1. The van der Waals surface area contributed by atoms with Crippen LogP contribution in [-0.4, -0.2) is 73.1 Å². The van der Waals surface area contributed by atoms with E-state index in [1.165, 1.54) is 4.31 Å². The minimum Gasteiger partial charge on any atom is -0.457 e. The van der Waals surface area contributed by atoms with Crippen molar-refractivity contribution in [1.29, 1.82) is 0 Å². The smallest absolute Gasteiger partial charge is 0.306 e. The molecular weight excluding hydrogens is 422 g/mol. The third-order valence-corrected chi connectivity index (χ3v) is 6.97. The Morgan fingerprint density at radius 2 is 1.68 bits per heavy atom. The number of Topliss-reactive ketones (excluding diaryl/α,β-unsaturated/α-hetero) is 1. The van der Waals surface area contributed by atoms with E-state index in [-0.39, 0.29) is 62.2 Å². The van der Waals surface area contributed by atoms with E-state index in [4.69, 9.17) is 4.74 Å². The molecule has 1 amide bonds. The summed E-state index contributed by atoms with van der Waals surface area (Å²) < 4.78 is 31.7. The summed E-state index contributed by atoms with van der Waals surface area (Å²) in [5.41, 5.74) is 1.32. The van der Waals surface area contributed by atoms with Crippen LogP contribution in [0.1, 0.15) is 28.9 Å². The number of carbonyl (C=O) groups is 3. The molecule has 166 valence electrons. The molecule has 0 saturated carbocycles.